The van der Waals surface area contributed by atoms with E-state index in [1.807, 2.05) is 32.2 Å². The van der Waals surface area contributed by atoms with Crippen LogP contribution in [0.5, 0.6) is 0 Å². The molecule has 2 heterocycles. The molecular weight excluding hydrogens is 250 g/mol. The average Bonchev–Trinajstić information content (AvgIpc) is 2.78. The second-order valence-corrected chi connectivity index (χ2v) is 5.97. The Morgan fingerprint density at radius 1 is 1.56 bits per heavy atom. The third kappa shape index (κ3) is 2.08. The van der Waals surface area contributed by atoms with Crippen molar-refractivity contribution in [3.05, 3.63) is 21.9 Å². The van der Waals surface area contributed by atoms with Crippen molar-refractivity contribution in [1.82, 2.24) is 4.90 Å². The molecule has 0 spiro atoms. The van der Waals surface area contributed by atoms with E-state index in [4.69, 9.17) is 4.74 Å². The molecule has 0 N–H and O–H groups in total. The van der Waals surface area contributed by atoms with Gasteiger partial charge in [-0.15, -0.1) is 11.3 Å². The molecule has 2 rings (SSSR count). The van der Waals surface area contributed by atoms with Crippen molar-refractivity contribution in [2.24, 2.45) is 0 Å². The van der Waals surface area contributed by atoms with Gasteiger partial charge in [-0.25, -0.2) is 0 Å². The molecule has 0 aliphatic carbocycles. The Bertz CT molecular complexity index is 480. The first-order chi connectivity index (χ1) is 8.36. The summed E-state index contributed by atoms with van der Waals surface area (Å²) in [5.41, 5.74) is 0.391. The highest BCUT2D eigenvalue weighted by molar-refractivity contribution is 7.10. The summed E-state index contributed by atoms with van der Waals surface area (Å²) in [6.45, 7) is 7.08. The highest BCUT2D eigenvalue weighted by atomic mass is 32.1. The van der Waals surface area contributed by atoms with Crippen LogP contribution in [0.4, 0.5) is 0 Å². The molecule has 1 aliphatic rings. The Kier molecular flexibility index (Phi) is 3.29. The number of hydrogen-bond acceptors (Lipinski definition) is 4. The van der Waals surface area contributed by atoms with Gasteiger partial charge in [0.05, 0.1) is 0 Å². The van der Waals surface area contributed by atoms with Crippen LogP contribution in [-0.4, -0.2) is 28.9 Å². The number of nitrogens with zero attached hydrogens (tertiary/aromatic N) is 1. The van der Waals surface area contributed by atoms with Crippen LogP contribution in [0.2, 0.25) is 0 Å². The fourth-order valence-corrected chi connectivity index (χ4v) is 3.45. The monoisotopic (exact) mass is 267 g/mol. The SMILES string of the molecule is CC(=O)N1[C@H](C=O)[C@@H](c2cc(C)cs2)OC1(C)C. The molecule has 5 heteroatoms. The highest BCUT2D eigenvalue weighted by Gasteiger charge is 2.49. The van der Waals surface area contributed by atoms with Crippen molar-refractivity contribution in [3.63, 3.8) is 0 Å². The summed E-state index contributed by atoms with van der Waals surface area (Å²) in [6.07, 6.45) is 0.440. The Morgan fingerprint density at radius 2 is 2.22 bits per heavy atom. The van der Waals surface area contributed by atoms with Crippen LogP contribution in [0.25, 0.3) is 0 Å². The van der Waals surface area contributed by atoms with Crippen LogP contribution >= 0.6 is 11.3 Å². The van der Waals surface area contributed by atoms with Crippen LogP contribution in [-0.2, 0) is 14.3 Å². The first-order valence-electron chi connectivity index (χ1n) is 5.85. The molecule has 1 aromatic rings. The van der Waals surface area contributed by atoms with Gasteiger partial charge in [0, 0.05) is 11.8 Å². The topological polar surface area (TPSA) is 46.6 Å². The van der Waals surface area contributed by atoms with E-state index in [9.17, 15) is 9.59 Å². The van der Waals surface area contributed by atoms with E-state index in [0.717, 1.165) is 16.7 Å². The molecule has 0 saturated carbocycles. The molecule has 0 radical (unpaired) electrons. The summed E-state index contributed by atoms with van der Waals surface area (Å²) in [4.78, 5) is 25.5. The molecule has 4 nitrogen and oxygen atoms in total. The molecule has 2 atom stereocenters. The number of thiophene rings is 1. The number of carbonyl (C=O) groups excluding carboxylic acids is 2. The van der Waals surface area contributed by atoms with Crippen LogP contribution in [0.1, 0.15) is 37.3 Å². The molecule has 18 heavy (non-hydrogen) atoms. The molecule has 98 valence electrons. The molecular formula is C13H17NO3S. The van der Waals surface area contributed by atoms with E-state index >= 15 is 0 Å². The number of aldehydes is 1. The van der Waals surface area contributed by atoms with Crippen LogP contribution in [0.15, 0.2) is 11.4 Å². The molecule has 1 saturated heterocycles. The van der Waals surface area contributed by atoms with Crippen molar-refractivity contribution in [2.45, 2.75) is 45.6 Å². The Morgan fingerprint density at radius 3 is 2.67 bits per heavy atom. The fourth-order valence-electron chi connectivity index (χ4n) is 2.48. The minimum Gasteiger partial charge on any atom is -0.345 e. The summed E-state index contributed by atoms with van der Waals surface area (Å²) in [5, 5.41) is 2.02. The minimum absolute atomic E-state index is 0.145. The van der Waals surface area contributed by atoms with Gasteiger partial charge in [-0.05, 0) is 37.8 Å². The Balaban J connectivity index is 2.39. The van der Waals surface area contributed by atoms with E-state index in [-0.39, 0.29) is 12.0 Å². The maximum atomic E-state index is 11.7. The molecule has 1 aromatic heterocycles. The van der Waals surface area contributed by atoms with Gasteiger partial charge in [-0.2, -0.15) is 0 Å². The summed E-state index contributed by atoms with van der Waals surface area (Å²) < 4.78 is 5.91. The lowest BCUT2D eigenvalue weighted by Gasteiger charge is -2.30. The van der Waals surface area contributed by atoms with Crippen molar-refractivity contribution < 1.29 is 14.3 Å². The molecule has 0 bridgehead atoms. The van der Waals surface area contributed by atoms with E-state index in [1.54, 1.807) is 11.3 Å². The predicted molar refractivity (Wildman–Crippen MR) is 69.3 cm³/mol. The average molecular weight is 267 g/mol. The van der Waals surface area contributed by atoms with E-state index in [1.165, 1.54) is 11.8 Å². The standard InChI is InChI=1S/C13H17NO3S/c1-8-5-11(18-7-8)12-10(6-15)14(9(2)16)13(3,4)17-12/h5-7,10,12H,1-4H3/t10-,12+/m1/s1. The quantitative estimate of drug-likeness (QED) is 0.772. The van der Waals surface area contributed by atoms with Crippen LogP contribution < -0.4 is 0 Å². The minimum atomic E-state index is -0.750. The number of amides is 1. The molecule has 0 unspecified atom stereocenters. The van der Waals surface area contributed by atoms with Crippen LogP contribution in [0, 0.1) is 6.92 Å². The molecule has 0 aromatic carbocycles. The van der Waals surface area contributed by atoms with Crippen molar-refractivity contribution in [1.29, 1.82) is 0 Å². The number of ether oxygens (including phenoxy) is 1. The van der Waals surface area contributed by atoms with Crippen molar-refractivity contribution in [3.8, 4) is 0 Å². The Labute approximate surface area is 111 Å². The van der Waals surface area contributed by atoms with E-state index in [2.05, 4.69) is 0 Å². The van der Waals surface area contributed by atoms with Crippen molar-refractivity contribution in [2.75, 3.05) is 0 Å². The zero-order chi connectivity index (χ0) is 13.5. The lowest BCUT2D eigenvalue weighted by atomic mass is 10.1. The molecule has 1 amide bonds. The van der Waals surface area contributed by atoms with E-state index < -0.39 is 11.8 Å². The van der Waals surface area contributed by atoms with Gasteiger partial charge in [0.1, 0.15) is 24.2 Å². The Hall–Kier alpha value is -1.20. The third-order valence-electron chi connectivity index (χ3n) is 3.11. The lowest BCUT2D eigenvalue weighted by Crippen LogP contribution is -2.47. The maximum Gasteiger partial charge on any atom is 0.222 e. The van der Waals surface area contributed by atoms with Gasteiger partial charge in [-0.1, -0.05) is 0 Å². The normalized spacial score (nSPS) is 26.3. The zero-order valence-electron chi connectivity index (χ0n) is 11.0. The third-order valence-corrected chi connectivity index (χ3v) is 4.23. The van der Waals surface area contributed by atoms with Gasteiger partial charge in [0.25, 0.3) is 0 Å². The number of hydrogen-bond donors (Lipinski definition) is 0. The maximum absolute atomic E-state index is 11.7. The van der Waals surface area contributed by atoms with Crippen molar-refractivity contribution >= 4 is 23.5 Å². The van der Waals surface area contributed by atoms with Gasteiger partial charge in [0.15, 0.2) is 0 Å². The second-order valence-electron chi connectivity index (χ2n) is 5.03. The van der Waals surface area contributed by atoms with Gasteiger partial charge >= 0.3 is 0 Å². The predicted octanol–water partition coefficient (Wildman–Crippen LogP) is 2.28. The zero-order valence-corrected chi connectivity index (χ0v) is 11.8. The highest BCUT2D eigenvalue weighted by Crippen LogP contribution is 2.41. The molecule has 1 fully saturated rings. The second kappa shape index (κ2) is 4.48. The lowest BCUT2D eigenvalue weighted by molar-refractivity contribution is -0.146. The number of rotatable bonds is 2. The van der Waals surface area contributed by atoms with Gasteiger partial charge in [-0.3, -0.25) is 4.79 Å². The summed E-state index contributed by atoms with van der Waals surface area (Å²) in [5.74, 6) is -0.145. The van der Waals surface area contributed by atoms with E-state index in [0.29, 0.717) is 0 Å². The van der Waals surface area contributed by atoms with Gasteiger partial charge in [0.2, 0.25) is 5.91 Å². The smallest absolute Gasteiger partial charge is 0.222 e. The number of carbonyl (C=O) groups is 2. The summed E-state index contributed by atoms with van der Waals surface area (Å²) >= 11 is 1.56. The summed E-state index contributed by atoms with van der Waals surface area (Å²) in [7, 11) is 0. The first kappa shape index (κ1) is 13.2. The van der Waals surface area contributed by atoms with Gasteiger partial charge < -0.3 is 14.4 Å². The van der Waals surface area contributed by atoms with Crippen LogP contribution in [0.3, 0.4) is 0 Å². The first-order valence-corrected chi connectivity index (χ1v) is 6.73. The summed E-state index contributed by atoms with van der Waals surface area (Å²) in [6, 6.07) is 1.46. The molecule has 1 aliphatic heterocycles. The largest absolute Gasteiger partial charge is 0.345 e. The fraction of sp³-hybridized carbons (Fsp3) is 0.538. The number of aryl methyl sites for hydroxylation is 1.